The molecular weight excluding hydrogens is 264 g/mol. The smallest absolute Gasteiger partial charge is 0.175 e. The van der Waals surface area contributed by atoms with Crippen molar-refractivity contribution in [3.63, 3.8) is 0 Å². The van der Waals surface area contributed by atoms with Crippen LogP contribution in [0.25, 0.3) is 0 Å². The number of hydrogen-bond donors (Lipinski definition) is 2. The summed E-state index contributed by atoms with van der Waals surface area (Å²) in [6, 6.07) is 16.5. The molecular formula is C17H20N2S. The van der Waals surface area contributed by atoms with E-state index in [4.69, 9.17) is 12.2 Å². The molecule has 0 heterocycles. The molecule has 2 aromatic carbocycles. The van der Waals surface area contributed by atoms with E-state index in [-0.39, 0.29) is 0 Å². The maximum atomic E-state index is 5.35. The minimum atomic E-state index is 0.509. The standard InChI is InChI=1S/C17H20N2S/c1-12(2)14-7-5-9-16(11-14)19-17(20)18-15-8-4-6-13(3)10-15/h4-12H,1-3H3,(H2,18,19,20). The zero-order valence-electron chi connectivity index (χ0n) is 12.1. The molecule has 2 nitrogen and oxygen atoms in total. The lowest BCUT2D eigenvalue weighted by atomic mass is 10.0. The number of anilines is 2. The number of hydrogen-bond acceptors (Lipinski definition) is 1. The van der Waals surface area contributed by atoms with Crippen molar-refractivity contribution in [1.29, 1.82) is 0 Å². The summed E-state index contributed by atoms with van der Waals surface area (Å²) in [5, 5.41) is 7.03. The van der Waals surface area contributed by atoms with Crippen molar-refractivity contribution in [2.75, 3.05) is 10.6 Å². The number of nitrogens with one attached hydrogen (secondary N) is 2. The molecule has 0 atom stereocenters. The Hall–Kier alpha value is -1.87. The maximum absolute atomic E-state index is 5.35. The summed E-state index contributed by atoms with van der Waals surface area (Å²) >= 11 is 5.35. The van der Waals surface area contributed by atoms with Crippen LogP contribution in [0.2, 0.25) is 0 Å². The lowest BCUT2D eigenvalue weighted by molar-refractivity contribution is 0.867. The molecule has 0 radical (unpaired) electrons. The first kappa shape index (κ1) is 14.5. The molecule has 0 aliphatic heterocycles. The Kier molecular flexibility index (Phi) is 4.74. The summed E-state index contributed by atoms with van der Waals surface area (Å²) in [6.07, 6.45) is 0. The minimum absolute atomic E-state index is 0.509. The fourth-order valence-electron chi connectivity index (χ4n) is 1.99. The predicted molar refractivity (Wildman–Crippen MR) is 91.6 cm³/mol. The zero-order valence-corrected chi connectivity index (χ0v) is 12.9. The van der Waals surface area contributed by atoms with Gasteiger partial charge in [-0.2, -0.15) is 0 Å². The third-order valence-corrected chi connectivity index (χ3v) is 3.29. The van der Waals surface area contributed by atoms with Gasteiger partial charge in [0.25, 0.3) is 0 Å². The molecule has 0 aliphatic carbocycles. The highest BCUT2D eigenvalue weighted by Crippen LogP contribution is 2.19. The first-order valence-electron chi connectivity index (χ1n) is 6.79. The highest BCUT2D eigenvalue weighted by Gasteiger charge is 2.02. The SMILES string of the molecule is Cc1cccc(NC(=S)Nc2cccc(C(C)C)c2)c1. The van der Waals surface area contributed by atoms with Crippen molar-refractivity contribution >= 4 is 28.7 Å². The fourth-order valence-corrected chi connectivity index (χ4v) is 2.23. The molecule has 0 fully saturated rings. The van der Waals surface area contributed by atoms with Crippen LogP contribution < -0.4 is 10.6 Å². The normalized spacial score (nSPS) is 10.4. The van der Waals surface area contributed by atoms with E-state index < -0.39 is 0 Å². The van der Waals surface area contributed by atoms with Crippen LogP contribution in [0.1, 0.15) is 30.9 Å². The molecule has 0 bridgehead atoms. The van der Waals surface area contributed by atoms with Gasteiger partial charge in [-0.15, -0.1) is 0 Å². The predicted octanol–water partition coefficient (Wildman–Crippen LogP) is 4.93. The molecule has 0 saturated heterocycles. The van der Waals surface area contributed by atoms with Crippen molar-refractivity contribution in [3.8, 4) is 0 Å². The van der Waals surface area contributed by atoms with E-state index >= 15 is 0 Å². The lowest BCUT2D eigenvalue weighted by Gasteiger charge is -2.13. The average molecular weight is 284 g/mol. The Morgan fingerprint density at radius 2 is 1.55 bits per heavy atom. The van der Waals surface area contributed by atoms with E-state index in [0.29, 0.717) is 11.0 Å². The van der Waals surface area contributed by atoms with Crippen LogP contribution in [0, 0.1) is 6.92 Å². The molecule has 0 spiro atoms. The van der Waals surface area contributed by atoms with Crippen LogP contribution in [0.15, 0.2) is 48.5 Å². The molecule has 104 valence electrons. The maximum Gasteiger partial charge on any atom is 0.175 e. The van der Waals surface area contributed by atoms with Crippen LogP contribution in [0.4, 0.5) is 11.4 Å². The highest BCUT2D eigenvalue weighted by molar-refractivity contribution is 7.80. The van der Waals surface area contributed by atoms with Gasteiger partial charge in [-0.05, 0) is 60.5 Å². The minimum Gasteiger partial charge on any atom is -0.332 e. The molecule has 3 heteroatoms. The second-order valence-corrected chi connectivity index (χ2v) is 5.64. The van der Waals surface area contributed by atoms with Gasteiger partial charge in [-0.1, -0.05) is 38.1 Å². The molecule has 0 aliphatic rings. The fraction of sp³-hybridized carbons (Fsp3) is 0.235. The summed E-state index contributed by atoms with van der Waals surface area (Å²) in [6.45, 7) is 6.43. The molecule has 2 N–H and O–H groups in total. The quantitative estimate of drug-likeness (QED) is 0.782. The van der Waals surface area contributed by atoms with Gasteiger partial charge in [0.05, 0.1) is 0 Å². The third kappa shape index (κ3) is 4.07. The van der Waals surface area contributed by atoms with Crippen molar-refractivity contribution < 1.29 is 0 Å². The van der Waals surface area contributed by atoms with E-state index in [0.717, 1.165) is 11.4 Å². The van der Waals surface area contributed by atoms with Gasteiger partial charge in [-0.25, -0.2) is 0 Å². The summed E-state index contributed by atoms with van der Waals surface area (Å²) in [5.74, 6) is 0.509. The van der Waals surface area contributed by atoms with Crippen molar-refractivity contribution in [2.24, 2.45) is 0 Å². The van der Waals surface area contributed by atoms with Gasteiger partial charge >= 0.3 is 0 Å². The molecule has 20 heavy (non-hydrogen) atoms. The van der Waals surface area contributed by atoms with Crippen LogP contribution in [-0.2, 0) is 0 Å². The topological polar surface area (TPSA) is 24.1 Å². The number of rotatable bonds is 3. The van der Waals surface area contributed by atoms with Crippen LogP contribution >= 0.6 is 12.2 Å². The Labute approximate surface area is 126 Å². The Bertz CT molecular complexity index is 605. The van der Waals surface area contributed by atoms with Crippen LogP contribution in [0.5, 0.6) is 0 Å². The van der Waals surface area contributed by atoms with Gasteiger partial charge in [0.15, 0.2) is 5.11 Å². The Morgan fingerprint density at radius 3 is 2.15 bits per heavy atom. The molecule has 0 unspecified atom stereocenters. The van der Waals surface area contributed by atoms with Crippen LogP contribution in [-0.4, -0.2) is 5.11 Å². The van der Waals surface area contributed by atoms with E-state index in [1.165, 1.54) is 11.1 Å². The Morgan fingerprint density at radius 1 is 0.950 bits per heavy atom. The lowest BCUT2D eigenvalue weighted by Crippen LogP contribution is -2.19. The molecule has 0 saturated carbocycles. The summed E-state index contributed by atoms with van der Waals surface area (Å²) < 4.78 is 0. The van der Waals surface area contributed by atoms with E-state index in [1.54, 1.807) is 0 Å². The summed E-state index contributed by atoms with van der Waals surface area (Å²) in [5.41, 5.74) is 4.52. The van der Waals surface area contributed by atoms with Crippen molar-refractivity contribution in [1.82, 2.24) is 0 Å². The second-order valence-electron chi connectivity index (χ2n) is 5.23. The largest absolute Gasteiger partial charge is 0.332 e. The number of thiocarbonyl (C=S) groups is 1. The zero-order chi connectivity index (χ0) is 14.5. The highest BCUT2D eigenvalue weighted by atomic mass is 32.1. The monoisotopic (exact) mass is 284 g/mol. The van der Waals surface area contributed by atoms with Crippen molar-refractivity contribution in [3.05, 3.63) is 59.7 Å². The molecule has 0 aromatic heterocycles. The molecule has 0 amide bonds. The average Bonchev–Trinajstić information content (AvgIpc) is 2.38. The first-order valence-corrected chi connectivity index (χ1v) is 7.20. The van der Waals surface area contributed by atoms with Gasteiger partial charge in [0.1, 0.15) is 0 Å². The van der Waals surface area contributed by atoms with Gasteiger partial charge in [0, 0.05) is 11.4 Å². The third-order valence-electron chi connectivity index (χ3n) is 3.09. The van der Waals surface area contributed by atoms with Crippen molar-refractivity contribution in [2.45, 2.75) is 26.7 Å². The van der Waals surface area contributed by atoms with Gasteiger partial charge < -0.3 is 10.6 Å². The first-order chi connectivity index (χ1) is 9.54. The van der Waals surface area contributed by atoms with E-state index in [1.807, 2.05) is 24.3 Å². The van der Waals surface area contributed by atoms with E-state index in [9.17, 15) is 0 Å². The number of benzene rings is 2. The summed E-state index contributed by atoms with van der Waals surface area (Å²) in [4.78, 5) is 0. The van der Waals surface area contributed by atoms with Crippen LogP contribution in [0.3, 0.4) is 0 Å². The van der Waals surface area contributed by atoms with Gasteiger partial charge in [-0.3, -0.25) is 0 Å². The molecule has 2 aromatic rings. The second kappa shape index (κ2) is 6.53. The van der Waals surface area contributed by atoms with Gasteiger partial charge in [0.2, 0.25) is 0 Å². The molecule has 2 rings (SSSR count). The summed E-state index contributed by atoms with van der Waals surface area (Å²) in [7, 11) is 0. The van der Waals surface area contributed by atoms with E-state index in [2.05, 4.69) is 55.7 Å². The number of aryl methyl sites for hydroxylation is 1. The Balaban J connectivity index is 2.03.